The van der Waals surface area contributed by atoms with E-state index in [1.54, 1.807) is 0 Å². The molecule has 4 rings (SSSR count). The van der Waals surface area contributed by atoms with Crippen LogP contribution in [0.15, 0.2) is 48.7 Å². The number of benzene rings is 2. The Morgan fingerprint density at radius 2 is 2.05 bits per heavy atom. The first-order chi connectivity index (χ1) is 9.83. The highest BCUT2D eigenvalue weighted by Gasteiger charge is 2.21. The molecule has 0 fully saturated rings. The molecular weight excluding hydrogens is 251 g/mol. The number of nitrogens with one attached hydrogen (secondary N) is 2. The van der Waals surface area contributed by atoms with Crippen molar-refractivity contribution >= 4 is 16.6 Å². The van der Waals surface area contributed by atoms with Crippen molar-refractivity contribution in [1.82, 2.24) is 4.98 Å². The molecule has 0 radical (unpaired) electrons. The molecule has 1 aromatic heterocycles. The number of rotatable bonds is 2. The quantitative estimate of drug-likeness (QED) is 0.715. The van der Waals surface area contributed by atoms with E-state index in [1.807, 2.05) is 42.6 Å². The number of para-hydroxylation sites is 1. The lowest BCUT2D eigenvalue weighted by Gasteiger charge is -2.14. The molecule has 0 saturated heterocycles. The predicted octanol–water partition coefficient (Wildman–Crippen LogP) is 4.19. The molecule has 0 saturated carbocycles. The number of H-pyrrole nitrogens is 1. The van der Waals surface area contributed by atoms with E-state index in [4.69, 9.17) is 0 Å². The fourth-order valence-electron chi connectivity index (χ4n) is 2.99. The van der Waals surface area contributed by atoms with Crippen LogP contribution >= 0.6 is 0 Å². The molecule has 1 aliphatic heterocycles. The van der Waals surface area contributed by atoms with Crippen molar-refractivity contribution in [3.8, 4) is 0 Å². The van der Waals surface area contributed by atoms with Crippen LogP contribution in [0.25, 0.3) is 10.9 Å². The standard InChI is InChI=1S/C17H15FN2/c18-16(13-4-5-15-12(10-13)7-8-19-15)14-3-1-2-11-6-9-20-17(11)14/h1-5,7-8,10,16,19-20H,6,9H2. The number of aromatic nitrogens is 1. The lowest BCUT2D eigenvalue weighted by atomic mass is 9.98. The second-order valence-corrected chi connectivity index (χ2v) is 5.25. The van der Waals surface area contributed by atoms with Crippen molar-refractivity contribution in [3.63, 3.8) is 0 Å². The van der Waals surface area contributed by atoms with Crippen LogP contribution in [0, 0.1) is 0 Å². The van der Waals surface area contributed by atoms with E-state index in [0.717, 1.165) is 35.1 Å². The highest BCUT2D eigenvalue weighted by Crippen LogP contribution is 2.36. The largest absolute Gasteiger partial charge is 0.384 e. The molecule has 3 aromatic rings. The number of alkyl halides is 1. The van der Waals surface area contributed by atoms with Gasteiger partial charge in [0.25, 0.3) is 0 Å². The minimum Gasteiger partial charge on any atom is -0.384 e. The van der Waals surface area contributed by atoms with Crippen LogP contribution in [0.1, 0.15) is 22.9 Å². The molecule has 1 unspecified atom stereocenters. The van der Waals surface area contributed by atoms with E-state index < -0.39 is 6.17 Å². The number of fused-ring (bicyclic) bond motifs is 2. The summed E-state index contributed by atoms with van der Waals surface area (Å²) < 4.78 is 14.9. The van der Waals surface area contributed by atoms with Crippen molar-refractivity contribution in [2.45, 2.75) is 12.6 Å². The van der Waals surface area contributed by atoms with Crippen LogP contribution < -0.4 is 5.32 Å². The van der Waals surface area contributed by atoms with Crippen LogP contribution in [0.4, 0.5) is 10.1 Å². The minimum absolute atomic E-state index is 0.708. The van der Waals surface area contributed by atoms with Crippen LogP contribution in [-0.4, -0.2) is 11.5 Å². The molecule has 2 nitrogen and oxygen atoms in total. The van der Waals surface area contributed by atoms with Crippen LogP contribution in [0.2, 0.25) is 0 Å². The summed E-state index contributed by atoms with van der Waals surface area (Å²) >= 11 is 0. The van der Waals surface area contributed by atoms with Crippen LogP contribution in [0.3, 0.4) is 0 Å². The van der Waals surface area contributed by atoms with Gasteiger partial charge in [-0.05, 0) is 41.1 Å². The molecule has 0 aliphatic carbocycles. The zero-order valence-corrected chi connectivity index (χ0v) is 11.0. The molecule has 20 heavy (non-hydrogen) atoms. The average Bonchev–Trinajstić information content (AvgIpc) is 3.13. The van der Waals surface area contributed by atoms with Crippen molar-refractivity contribution in [1.29, 1.82) is 0 Å². The van der Waals surface area contributed by atoms with E-state index in [9.17, 15) is 4.39 Å². The molecule has 0 bridgehead atoms. The Kier molecular flexibility index (Phi) is 2.52. The van der Waals surface area contributed by atoms with Gasteiger partial charge in [-0.2, -0.15) is 0 Å². The van der Waals surface area contributed by atoms with Crippen molar-refractivity contribution in [2.24, 2.45) is 0 Å². The van der Waals surface area contributed by atoms with Gasteiger partial charge in [-0.15, -0.1) is 0 Å². The Morgan fingerprint density at radius 1 is 1.10 bits per heavy atom. The maximum absolute atomic E-state index is 14.9. The number of hydrogen-bond acceptors (Lipinski definition) is 1. The lowest BCUT2D eigenvalue weighted by molar-refractivity contribution is 0.403. The predicted molar refractivity (Wildman–Crippen MR) is 79.9 cm³/mol. The number of anilines is 1. The van der Waals surface area contributed by atoms with Gasteiger partial charge in [0.2, 0.25) is 0 Å². The summed E-state index contributed by atoms with van der Waals surface area (Å²) in [5.74, 6) is 0. The van der Waals surface area contributed by atoms with Gasteiger partial charge in [-0.3, -0.25) is 0 Å². The fourth-order valence-corrected chi connectivity index (χ4v) is 2.99. The number of aromatic amines is 1. The molecule has 0 amide bonds. The first-order valence-corrected chi connectivity index (χ1v) is 6.90. The van der Waals surface area contributed by atoms with Gasteiger partial charge >= 0.3 is 0 Å². The second kappa shape index (κ2) is 4.37. The molecule has 100 valence electrons. The topological polar surface area (TPSA) is 27.8 Å². The monoisotopic (exact) mass is 266 g/mol. The van der Waals surface area contributed by atoms with Crippen molar-refractivity contribution in [2.75, 3.05) is 11.9 Å². The molecule has 2 N–H and O–H groups in total. The van der Waals surface area contributed by atoms with Gasteiger partial charge in [-0.25, -0.2) is 4.39 Å². The number of halogens is 1. The molecule has 3 heteroatoms. The van der Waals surface area contributed by atoms with Gasteiger partial charge in [-0.1, -0.05) is 24.3 Å². The summed E-state index contributed by atoms with van der Waals surface area (Å²) in [6.45, 7) is 0.899. The van der Waals surface area contributed by atoms with Gasteiger partial charge in [0.15, 0.2) is 6.17 Å². The number of hydrogen-bond donors (Lipinski definition) is 2. The fraction of sp³-hybridized carbons (Fsp3) is 0.176. The van der Waals surface area contributed by atoms with Crippen molar-refractivity contribution < 1.29 is 4.39 Å². The SMILES string of the molecule is FC(c1ccc2[nH]ccc2c1)c1cccc2c1NCC2. The van der Waals surface area contributed by atoms with Gasteiger partial charge < -0.3 is 10.3 Å². The second-order valence-electron chi connectivity index (χ2n) is 5.25. The average molecular weight is 266 g/mol. The Morgan fingerprint density at radius 3 is 3.00 bits per heavy atom. The minimum atomic E-state index is -1.09. The summed E-state index contributed by atoms with van der Waals surface area (Å²) in [5, 5.41) is 4.35. The first kappa shape index (κ1) is 11.5. The molecule has 2 heterocycles. The van der Waals surface area contributed by atoms with Crippen LogP contribution in [-0.2, 0) is 6.42 Å². The smallest absolute Gasteiger partial charge is 0.152 e. The summed E-state index contributed by atoms with van der Waals surface area (Å²) in [7, 11) is 0. The van der Waals surface area contributed by atoms with E-state index in [1.165, 1.54) is 5.56 Å². The lowest BCUT2D eigenvalue weighted by Crippen LogP contribution is -2.00. The first-order valence-electron chi connectivity index (χ1n) is 6.90. The van der Waals surface area contributed by atoms with Gasteiger partial charge in [0.1, 0.15) is 0 Å². The Balaban J connectivity index is 1.80. The normalized spacial score (nSPS) is 15.1. The maximum Gasteiger partial charge on any atom is 0.152 e. The zero-order chi connectivity index (χ0) is 13.5. The summed E-state index contributed by atoms with van der Waals surface area (Å²) in [4.78, 5) is 3.13. The molecule has 1 aliphatic rings. The third-order valence-electron chi connectivity index (χ3n) is 4.02. The highest BCUT2D eigenvalue weighted by molar-refractivity contribution is 5.80. The third kappa shape index (κ3) is 1.70. The maximum atomic E-state index is 14.9. The van der Waals surface area contributed by atoms with E-state index in [2.05, 4.69) is 16.4 Å². The van der Waals surface area contributed by atoms with Crippen LogP contribution in [0.5, 0.6) is 0 Å². The Hall–Kier alpha value is -2.29. The van der Waals surface area contributed by atoms with E-state index >= 15 is 0 Å². The summed E-state index contributed by atoms with van der Waals surface area (Å²) in [5.41, 5.74) is 4.69. The van der Waals surface area contributed by atoms with Gasteiger partial charge in [0.05, 0.1) is 0 Å². The molecular formula is C17H15FN2. The van der Waals surface area contributed by atoms with Crippen molar-refractivity contribution in [3.05, 3.63) is 65.4 Å². The summed E-state index contributed by atoms with van der Waals surface area (Å²) in [6, 6.07) is 13.6. The third-order valence-corrected chi connectivity index (χ3v) is 4.02. The highest BCUT2D eigenvalue weighted by atomic mass is 19.1. The van der Waals surface area contributed by atoms with E-state index in [-0.39, 0.29) is 0 Å². The Labute approximate surface area is 116 Å². The summed E-state index contributed by atoms with van der Waals surface area (Å²) in [6.07, 6.45) is 1.77. The molecule has 2 aromatic carbocycles. The Bertz CT molecular complexity index is 776. The van der Waals surface area contributed by atoms with Gasteiger partial charge in [0, 0.05) is 29.5 Å². The van der Waals surface area contributed by atoms with E-state index in [0.29, 0.717) is 5.56 Å². The molecule has 1 atom stereocenters. The zero-order valence-electron chi connectivity index (χ0n) is 11.0. The molecule has 0 spiro atoms.